The molecular formula is C29H26Sn. The molecule has 0 fully saturated rings. The Morgan fingerprint density at radius 3 is 0.900 bits per heavy atom. The first-order valence-electron chi connectivity index (χ1n) is 9.54. The Morgan fingerprint density at radius 1 is 0.600 bits per heavy atom. The third-order valence-electron chi connectivity index (χ3n) is 3.64. The molecular weight excluding hydrogens is 467 g/mol. The molecule has 0 radical (unpaired) electrons. The van der Waals surface area contributed by atoms with Crippen LogP contribution in [0.15, 0.2) is 91.0 Å². The maximum Gasteiger partial charge on any atom is -0.0652 e. The van der Waals surface area contributed by atoms with Gasteiger partial charge >= 0.3 is 53.1 Å². The van der Waals surface area contributed by atoms with Crippen LogP contribution in [0.25, 0.3) is 0 Å². The smallest absolute Gasteiger partial charge is 0.0652 e. The van der Waals surface area contributed by atoms with Gasteiger partial charge in [-0.25, -0.2) is 0 Å². The summed E-state index contributed by atoms with van der Waals surface area (Å²) in [4.78, 5) is 0. The molecule has 3 rings (SSSR count). The first kappa shape index (κ1) is 27.1. The average Bonchev–Trinajstić information content (AvgIpc) is 2.81. The Kier molecular flexibility index (Phi) is 15.4. The second kappa shape index (κ2) is 17.0. The van der Waals surface area contributed by atoms with Gasteiger partial charge in [-0.1, -0.05) is 54.6 Å². The molecule has 0 bridgehead atoms. The van der Waals surface area contributed by atoms with Crippen molar-refractivity contribution >= 4 is 22.5 Å². The summed E-state index contributed by atoms with van der Waals surface area (Å²) in [5.74, 6) is 6.83. The molecule has 0 nitrogen and oxygen atoms in total. The summed E-state index contributed by atoms with van der Waals surface area (Å²) in [5, 5.41) is 0. The van der Waals surface area contributed by atoms with Gasteiger partial charge in [-0.05, 0) is 0 Å². The van der Waals surface area contributed by atoms with Crippen molar-refractivity contribution in [1.82, 2.24) is 0 Å². The Bertz CT molecular complexity index is 796. The predicted molar refractivity (Wildman–Crippen MR) is 128 cm³/mol. The van der Waals surface area contributed by atoms with Crippen LogP contribution >= 0.6 is 0 Å². The summed E-state index contributed by atoms with van der Waals surface area (Å²) >= 11 is 1.65. The van der Waals surface area contributed by atoms with Crippen molar-refractivity contribution in [1.29, 1.82) is 0 Å². The van der Waals surface area contributed by atoms with E-state index in [1.165, 1.54) is 6.42 Å². The van der Waals surface area contributed by atoms with E-state index in [4.69, 9.17) is 19.3 Å². The minimum absolute atomic E-state index is 0.632. The fraction of sp³-hybridized carbons (Fsp3) is 0.172. The van der Waals surface area contributed by atoms with Crippen LogP contribution in [0.4, 0.5) is 0 Å². The van der Waals surface area contributed by atoms with Crippen LogP contribution in [0.2, 0.25) is 3.43 Å². The number of hydrogen-bond acceptors (Lipinski definition) is 0. The summed E-state index contributed by atoms with van der Waals surface area (Å²) in [6, 6.07) is 28.1. The molecule has 0 aliphatic carbocycles. The van der Waals surface area contributed by atoms with Gasteiger partial charge in [0.15, 0.2) is 0 Å². The molecule has 0 atom stereocenters. The monoisotopic (exact) mass is 494 g/mol. The van der Waals surface area contributed by atoms with E-state index in [-0.39, 0.29) is 0 Å². The molecule has 3 aromatic carbocycles. The summed E-state index contributed by atoms with van der Waals surface area (Å²) in [7, 11) is 0. The Hall–Kier alpha value is -2.86. The largest absolute Gasteiger partial charge is 0.366 e. The SMILES string of the molecule is CC[C](C)(C)[Sn+3].[C-]#Cc1ccccc1.[C-]#Cc1ccccc1.[C-]#Cc1ccccc1. The van der Waals surface area contributed by atoms with Crippen molar-refractivity contribution in [2.75, 3.05) is 0 Å². The van der Waals surface area contributed by atoms with Gasteiger partial charge in [0, 0.05) is 0 Å². The number of rotatable bonds is 1. The zero-order valence-electron chi connectivity index (χ0n) is 17.9. The molecule has 3 aromatic rings. The second-order valence-corrected chi connectivity index (χ2v) is 10.6. The maximum absolute atomic E-state index is 6.69. The molecule has 1 heteroatoms. The van der Waals surface area contributed by atoms with Crippen molar-refractivity contribution in [3.8, 4) is 17.8 Å². The van der Waals surface area contributed by atoms with Crippen LogP contribution < -0.4 is 0 Å². The van der Waals surface area contributed by atoms with Gasteiger partial charge in [0.05, 0.1) is 0 Å². The fourth-order valence-electron chi connectivity index (χ4n) is 1.56. The Balaban J connectivity index is 0.000000377. The van der Waals surface area contributed by atoms with Gasteiger partial charge in [0.2, 0.25) is 0 Å². The van der Waals surface area contributed by atoms with Gasteiger partial charge in [-0.2, -0.15) is 0 Å². The maximum atomic E-state index is 6.69. The fourth-order valence-corrected chi connectivity index (χ4v) is 1.56. The van der Waals surface area contributed by atoms with E-state index >= 15 is 0 Å². The van der Waals surface area contributed by atoms with E-state index in [0.29, 0.717) is 3.43 Å². The normalized spacial score (nSPS) is 8.73. The van der Waals surface area contributed by atoms with Gasteiger partial charge in [0.1, 0.15) is 0 Å². The first-order valence-corrected chi connectivity index (χ1v) is 11.0. The van der Waals surface area contributed by atoms with Crippen LogP contribution in [0.1, 0.15) is 43.9 Å². The molecule has 0 N–H and O–H groups in total. The second-order valence-electron chi connectivity index (χ2n) is 6.71. The molecule has 30 heavy (non-hydrogen) atoms. The van der Waals surface area contributed by atoms with E-state index in [1.54, 1.807) is 22.5 Å². The van der Waals surface area contributed by atoms with Crippen molar-refractivity contribution in [3.05, 3.63) is 127 Å². The zero-order valence-corrected chi connectivity index (χ0v) is 20.7. The van der Waals surface area contributed by atoms with E-state index in [2.05, 4.69) is 38.5 Å². The van der Waals surface area contributed by atoms with Gasteiger partial charge in [0.25, 0.3) is 0 Å². The third kappa shape index (κ3) is 16.1. The van der Waals surface area contributed by atoms with Crippen LogP contribution in [-0.2, 0) is 0 Å². The minimum atomic E-state index is 0.632. The predicted octanol–water partition coefficient (Wildman–Crippen LogP) is 6.64. The van der Waals surface area contributed by atoms with E-state index in [0.717, 1.165) is 16.7 Å². The number of hydrogen-bond donors (Lipinski definition) is 0. The molecule has 0 saturated carbocycles. The zero-order chi connectivity index (χ0) is 22.7. The molecule has 0 unspecified atom stereocenters. The van der Waals surface area contributed by atoms with E-state index in [9.17, 15) is 0 Å². The van der Waals surface area contributed by atoms with Gasteiger partial charge in [-0.3, -0.25) is 17.8 Å². The van der Waals surface area contributed by atoms with Crippen molar-refractivity contribution in [2.45, 2.75) is 30.6 Å². The van der Waals surface area contributed by atoms with Crippen LogP contribution in [0, 0.1) is 37.0 Å². The standard InChI is InChI=1S/3C8H5.C5H11.Sn/c3*1-2-8-6-4-3-5-7-8;1-4-5(2)3;/h3*3-7H;4H2,1-3H3;/q3*-1;;+3. The molecule has 0 aliphatic heterocycles. The summed E-state index contributed by atoms with van der Waals surface area (Å²) in [6.45, 7) is 6.80. The van der Waals surface area contributed by atoms with Crippen molar-refractivity contribution in [3.63, 3.8) is 0 Å². The third-order valence-corrected chi connectivity index (χ3v) is 4.65. The van der Waals surface area contributed by atoms with Crippen LogP contribution in [0.3, 0.4) is 0 Å². The topological polar surface area (TPSA) is 0 Å². The van der Waals surface area contributed by atoms with Crippen molar-refractivity contribution < 1.29 is 0 Å². The van der Waals surface area contributed by atoms with E-state index < -0.39 is 0 Å². The summed E-state index contributed by atoms with van der Waals surface area (Å²) < 4.78 is 0.632. The molecule has 0 spiro atoms. The molecule has 146 valence electrons. The van der Waals surface area contributed by atoms with Crippen LogP contribution in [-0.4, -0.2) is 22.5 Å². The molecule has 0 amide bonds. The molecule has 0 aromatic heterocycles. The summed E-state index contributed by atoms with van der Waals surface area (Å²) in [5.41, 5.74) is 2.48. The van der Waals surface area contributed by atoms with E-state index in [1.807, 2.05) is 91.0 Å². The van der Waals surface area contributed by atoms with Crippen LogP contribution in [0.5, 0.6) is 0 Å². The molecule has 0 heterocycles. The average molecular weight is 493 g/mol. The first-order chi connectivity index (χ1) is 14.4. The summed E-state index contributed by atoms with van der Waals surface area (Å²) in [6.07, 6.45) is 21.4. The van der Waals surface area contributed by atoms with Crippen molar-refractivity contribution in [2.24, 2.45) is 0 Å². The van der Waals surface area contributed by atoms with Gasteiger partial charge < -0.3 is 19.3 Å². The minimum Gasteiger partial charge on any atom is -0.366 e. The Labute approximate surface area is 197 Å². The quantitative estimate of drug-likeness (QED) is 0.203. The Morgan fingerprint density at radius 2 is 0.800 bits per heavy atom. The number of benzene rings is 3. The molecule has 0 saturated heterocycles. The molecule has 0 aliphatic rings. The van der Waals surface area contributed by atoms with Gasteiger partial charge in [-0.15, -0.1) is 53.1 Å².